The van der Waals surface area contributed by atoms with Crippen molar-refractivity contribution in [3.8, 4) is 17.2 Å². The van der Waals surface area contributed by atoms with Crippen molar-refractivity contribution in [2.75, 3.05) is 0 Å². The number of aryl methyl sites for hydroxylation is 1. The van der Waals surface area contributed by atoms with E-state index in [9.17, 15) is 0 Å². The third-order valence-corrected chi connectivity index (χ3v) is 10.0. The van der Waals surface area contributed by atoms with Crippen molar-refractivity contribution in [1.29, 1.82) is 0 Å². The van der Waals surface area contributed by atoms with Gasteiger partial charge in [-0.25, -0.2) is 9.97 Å². The molecule has 0 amide bonds. The normalized spacial score (nSPS) is 13.3. The minimum Gasteiger partial charge on any atom is -0.456 e. The number of fused-ring (bicyclic) bond motifs is 12. The number of para-hydroxylation sites is 2. The number of aromatic nitrogens is 3. The van der Waals surface area contributed by atoms with E-state index in [0.29, 0.717) is 5.95 Å². The number of nitrogens with zero attached hydrogens (tertiary/aromatic N) is 3. The van der Waals surface area contributed by atoms with E-state index in [1.807, 2.05) is 12.1 Å². The van der Waals surface area contributed by atoms with Crippen LogP contribution >= 0.6 is 11.3 Å². The van der Waals surface area contributed by atoms with Crippen LogP contribution in [0.4, 0.5) is 0 Å². The van der Waals surface area contributed by atoms with Crippen LogP contribution in [-0.4, -0.2) is 14.5 Å². The summed E-state index contributed by atoms with van der Waals surface area (Å²) >= 11 is 1.79. The molecule has 4 aromatic heterocycles. The van der Waals surface area contributed by atoms with Gasteiger partial charge < -0.3 is 4.42 Å². The number of hydrogen-bond donors (Lipinski definition) is 0. The average Bonchev–Trinajstić information content (AvgIpc) is 3.74. The highest BCUT2D eigenvalue weighted by molar-refractivity contribution is 7.26. The van der Waals surface area contributed by atoms with E-state index in [2.05, 4.69) is 108 Å². The largest absolute Gasteiger partial charge is 0.456 e. The molecule has 4 heterocycles. The number of benzene rings is 5. The molecule has 0 radical (unpaired) electrons. The maximum atomic E-state index is 6.30. The van der Waals surface area contributed by atoms with Crippen molar-refractivity contribution in [3.05, 3.63) is 120 Å². The van der Waals surface area contributed by atoms with Crippen molar-refractivity contribution >= 4 is 81.5 Å². The summed E-state index contributed by atoms with van der Waals surface area (Å²) in [6.45, 7) is 0. The summed E-state index contributed by atoms with van der Waals surface area (Å²) in [6.07, 6.45) is 6.72. The molecular weight excluding hydrogens is 547 g/mol. The van der Waals surface area contributed by atoms with Crippen LogP contribution in [0.25, 0.3) is 87.3 Å². The lowest BCUT2D eigenvalue weighted by Gasteiger charge is -2.12. The van der Waals surface area contributed by atoms with E-state index < -0.39 is 0 Å². The lowest BCUT2D eigenvalue weighted by molar-refractivity contribution is 0.669. The second-order valence-corrected chi connectivity index (χ2v) is 12.3. The zero-order valence-electron chi connectivity index (χ0n) is 23.0. The van der Waals surface area contributed by atoms with Crippen molar-refractivity contribution in [2.45, 2.75) is 12.8 Å². The molecule has 0 spiro atoms. The first-order valence-corrected chi connectivity index (χ1v) is 15.5. The van der Waals surface area contributed by atoms with Gasteiger partial charge in [0.1, 0.15) is 11.2 Å². The first kappa shape index (κ1) is 23.3. The lowest BCUT2D eigenvalue weighted by Crippen LogP contribution is -2.03. The average molecular weight is 570 g/mol. The van der Waals surface area contributed by atoms with Crippen molar-refractivity contribution in [3.63, 3.8) is 0 Å². The van der Waals surface area contributed by atoms with Crippen LogP contribution in [0.3, 0.4) is 0 Å². The molecule has 0 aliphatic heterocycles. The molecular formula is C38H23N3OS. The van der Waals surface area contributed by atoms with Gasteiger partial charge in [-0.15, -0.1) is 11.3 Å². The fourth-order valence-electron chi connectivity index (χ4n) is 7.02. The summed E-state index contributed by atoms with van der Waals surface area (Å²) in [5.41, 5.74) is 9.71. The molecule has 0 atom stereocenters. The van der Waals surface area contributed by atoms with Crippen LogP contribution in [0.5, 0.6) is 0 Å². The molecule has 0 saturated heterocycles. The molecule has 0 unspecified atom stereocenters. The van der Waals surface area contributed by atoms with Gasteiger partial charge in [0.15, 0.2) is 0 Å². The highest BCUT2D eigenvalue weighted by Crippen LogP contribution is 2.44. The van der Waals surface area contributed by atoms with Gasteiger partial charge in [0, 0.05) is 37.2 Å². The Morgan fingerprint density at radius 1 is 0.674 bits per heavy atom. The Morgan fingerprint density at radius 2 is 1.51 bits per heavy atom. The molecule has 1 aliphatic rings. The van der Waals surface area contributed by atoms with Crippen LogP contribution in [0.2, 0.25) is 0 Å². The van der Waals surface area contributed by atoms with Crippen LogP contribution in [-0.2, 0) is 6.42 Å². The Labute approximate surface area is 250 Å². The summed E-state index contributed by atoms with van der Waals surface area (Å²) in [6, 6.07) is 36.2. The quantitative estimate of drug-likeness (QED) is 0.208. The maximum Gasteiger partial charge on any atom is 0.235 e. The minimum atomic E-state index is 0.682. The molecule has 1 aliphatic carbocycles. The van der Waals surface area contributed by atoms with E-state index >= 15 is 0 Å². The van der Waals surface area contributed by atoms with Crippen LogP contribution in [0.1, 0.15) is 17.5 Å². The van der Waals surface area contributed by atoms with Crippen LogP contribution < -0.4 is 0 Å². The third kappa shape index (κ3) is 3.20. The maximum absolute atomic E-state index is 6.30. The van der Waals surface area contributed by atoms with Gasteiger partial charge in [0.2, 0.25) is 5.95 Å². The van der Waals surface area contributed by atoms with Gasteiger partial charge in [0.25, 0.3) is 0 Å². The standard InChI is InChI=1S/C38H23N3OS/c1-2-11-23(12-3-1)35-37-36(34-24-13-5-4-10-22(24)18-21-31(34)43-37)40-38(39-35)41-27-16-8-6-14-25(27)32-28(41)19-20-30-33(32)26-15-7-9-17-29(26)42-30/h1-3,5-9,11-21H,4,10H2. The summed E-state index contributed by atoms with van der Waals surface area (Å²) < 4.78 is 10.9. The molecule has 5 heteroatoms. The second kappa shape index (κ2) is 8.63. The molecule has 0 saturated carbocycles. The van der Waals surface area contributed by atoms with Crippen LogP contribution in [0.15, 0.2) is 114 Å². The Hall–Kier alpha value is -5.26. The summed E-state index contributed by atoms with van der Waals surface area (Å²) in [4.78, 5) is 10.8. The number of allylic oxidation sites excluding steroid dienone is 1. The SMILES string of the molecule is C1=Cc2c(ccc3sc4c(-c5ccccc5)nc(-n5c6ccccc6c6c7c(ccc65)oc5ccccc57)nc4c23)CC1. The first-order chi connectivity index (χ1) is 21.3. The third-order valence-electron chi connectivity index (χ3n) is 8.89. The zero-order valence-corrected chi connectivity index (χ0v) is 23.9. The number of thiophene rings is 1. The van der Waals surface area contributed by atoms with Crippen molar-refractivity contribution in [2.24, 2.45) is 0 Å². The number of furan rings is 1. The number of hydrogen-bond acceptors (Lipinski definition) is 4. The molecule has 0 N–H and O–H groups in total. The molecule has 0 bridgehead atoms. The predicted molar refractivity (Wildman–Crippen MR) is 179 cm³/mol. The fourth-order valence-corrected chi connectivity index (χ4v) is 8.19. The Kier molecular flexibility index (Phi) is 4.68. The summed E-state index contributed by atoms with van der Waals surface area (Å²) in [5.74, 6) is 0.682. The summed E-state index contributed by atoms with van der Waals surface area (Å²) in [5, 5.41) is 5.81. The predicted octanol–water partition coefficient (Wildman–Crippen LogP) is 10.5. The molecule has 5 aromatic carbocycles. The molecule has 43 heavy (non-hydrogen) atoms. The van der Waals surface area contributed by atoms with Gasteiger partial charge in [-0.05, 0) is 54.3 Å². The fraction of sp³-hybridized carbons (Fsp3) is 0.0526. The van der Waals surface area contributed by atoms with E-state index in [1.165, 1.54) is 26.6 Å². The Balaban J connectivity index is 1.39. The van der Waals surface area contributed by atoms with E-state index in [1.54, 1.807) is 11.3 Å². The topological polar surface area (TPSA) is 43.9 Å². The van der Waals surface area contributed by atoms with Crippen molar-refractivity contribution in [1.82, 2.24) is 14.5 Å². The van der Waals surface area contributed by atoms with Gasteiger partial charge in [-0.2, -0.15) is 0 Å². The second-order valence-electron chi connectivity index (χ2n) is 11.3. The molecule has 0 fully saturated rings. The highest BCUT2D eigenvalue weighted by Gasteiger charge is 2.23. The van der Waals surface area contributed by atoms with Gasteiger partial charge in [-0.1, -0.05) is 84.9 Å². The van der Waals surface area contributed by atoms with Gasteiger partial charge in [0.05, 0.1) is 26.9 Å². The Bertz CT molecular complexity index is 2620. The monoisotopic (exact) mass is 569 g/mol. The summed E-state index contributed by atoms with van der Waals surface area (Å²) in [7, 11) is 0. The minimum absolute atomic E-state index is 0.682. The smallest absolute Gasteiger partial charge is 0.235 e. The molecule has 202 valence electrons. The van der Waals surface area contributed by atoms with Crippen molar-refractivity contribution < 1.29 is 4.42 Å². The molecule has 10 rings (SSSR count). The molecule has 4 nitrogen and oxygen atoms in total. The first-order valence-electron chi connectivity index (χ1n) is 14.7. The van der Waals surface area contributed by atoms with Crippen LogP contribution in [0, 0.1) is 0 Å². The van der Waals surface area contributed by atoms with E-state index in [0.717, 1.165) is 72.7 Å². The molecule has 9 aromatic rings. The van der Waals surface area contributed by atoms with E-state index in [4.69, 9.17) is 14.4 Å². The zero-order chi connectivity index (χ0) is 28.1. The highest BCUT2D eigenvalue weighted by atomic mass is 32.1. The van der Waals surface area contributed by atoms with Gasteiger partial charge in [-0.3, -0.25) is 4.57 Å². The van der Waals surface area contributed by atoms with E-state index in [-0.39, 0.29) is 0 Å². The lowest BCUT2D eigenvalue weighted by atomic mass is 9.94. The number of rotatable bonds is 2. The van der Waals surface area contributed by atoms with Gasteiger partial charge >= 0.3 is 0 Å². The Morgan fingerprint density at radius 3 is 2.44 bits per heavy atom.